The second kappa shape index (κ2) is 5.96. The number of halogens is 1. The molecule has 1 heterocycles. The van der Waals surface area contributed by atoms with Crippen LogP contribution in [-0.4, -0.2) is 20.5 Å². The first-order valence-electron chi connectivity index (χ1n) is 7.45. The van der Waals surface area contributed by atoms with Crippen molar-refractivity contribution in [2.75, 3.05) is 0 Å². The quantitative estimate of drug-likeness (QED) is 0.914. The summed E-state index contributed by atoms with van der Waals surface area (Å²) in [6, 6.07) is 0. The average Bonchev–Trinajstić information content (AvgIpc) is 2.70. The van der Waals surface area contributed by atoms with Crippen molar-refractivity contribution in [3.05, 3.63) is 15.9 Å². The van der Waals surface area contributed by atoms with Crippen LogP contribution in [0.25, 0.3) is 0 Å². The van der Waals surface area contributed by atoms with Crippen LogP contribution in [0.5, 0.6) is 0 Å². The molecule has 4 heteroatoms. The zero-order valence-electron chi connectivity index (χ0n) is 12.2. The third kappa shape index (κ3) is 3.22. The first-order valence-corrected chi connectivity index (χ1v) is 8.24. The van der Waals surface area contributed by atoms with Crippen molar-refractivity contribution in [1.82, 2.24) is 9.78 Å². The second-order valence-corrected chi connectivity index (χ2v) is 6.75. The molecule has 3 nitrogen and oxygen atoms in total. The van der Waals surface area contributed by atoms with E-state index in [9.17, 15) is 5.11 Å². The normalized spacial score (nSPS) is 27.7. The third-order valence-electron chi connectivity index (χ3n) is 4.40. The summed E-state index contributed by atoms with van der Waals surface area (Å²) >= 11 is 3.67. The molecule has 0 radical (unpaired) electrons. The van der Waals surface area contributed by atoms with E-state index in [-0.39, 0.29) is 0 Å². The lowest BCUT2D eigenvalue weighted by Gasteiger charge is -2.35. The van der Waals surface area contributed by atoms with Gasteiger partial charge in [-0.15, -0.1) is 0 Å². The smallest absolute Gasteiger partial charge is 0.0766 e. The van der Waals surface area contributed by atoms with Crippen LogP contribution >= 0.6 is 15.9 Å². The number of aromatic nitrogens is 2. The van der Waals surface area contributed by atoms with Gasteiger partial charge in [-0.25, -0.2) is 0 Å². The summed E-state index contributed by atoms with van der Waals surface area (Å²) in [6.07, 6.45) is 5.75. The Bertz CT molecular complexity index is 434. The van der Waals surface area contributed by atoms with Gasteiger partial charge in [0.1, 0.15) is 0 Å². The molecule has 1 N–H and O–H groups in total. The van der Waals surface area contributed by atoms with Crippen molar-refractivity contribution in [3.63, 3.8) is 0 Å². The number of nitrogens with zero attached hydrogens (tertiary/aromatic N) is 2. The molecule has 1 aromatic rings. The van der Waals surface area contributed by atoms with Crippen LogP contribution in [0.4, 0.5) is 0 Å². The van der Waals surface area contributed by atoms with Gasteiger partial charge in [0.05, 0.1) is 21.5 Å². The number of aryl methyl sites for hydroxylation is 2. The Balaban J connectivity index is 2.20. The van der Waals surface area contributed by atoms with Crippen LogP contribution in [-0.2, 0) is 19.4 Å². The Morgan fingerprint density at radius 3 is 2.53 bits per heavy atom. The molecule has 0 aliphatic heterocycles. The van der Waals surface area contributed by atoms with Gasteiger partial charge in [0.25, 0.3) is 0 Å². The van der Waals surface area contributed by atoms with Gasteiger partial charge >= 0.3 is 0 Å². The van der Waals surface area contributed by atoms with Gasteiger partial charge in [0.15, 0.2) is 0 Å². The highest BCUT2D eigenvalue weighted by molar-refractivity contribution is 9.10. The molecule has 1 aliphatic carbocycles. The maximum absolute atomic E-state index is 10.8. The largest absolute Gasteiger partial charge is 0.389 e. The highest BCUT2D eigenvalue weighted by Crippen LogP contribution is 2.36. The van der Waals surface area contributed by atoms with E-state index in [0.29, 0.717) is 0 Å². The summed E-state index contributed by atoms with van der Waals surface area (Å²) in [5.74, 6) is 0.756. The van der Waals surface area contributed by atoms with Crippen LogP contribution < -0.4 is 0 Å². The van der Waals surface area contributed by atoms with Gasteiger partial charge in [-0.2, -0.15) is 5.10 Å². The van der Waals surface area contributed by atoms with E-state index in [1.807, 2.05) is 4.68 Å². The first-order chi connectivity index (χ1) is 8.99. The molecule has 1 saturated carbocycles. The van der Waals surface area contributed by atoms with E-state index in [1.54, 1.807) is 0 Å². The number of hydrogen-bond acceptors (Lipinski definition) is 2. The van der Waals surface area contributed by atoms with Crippen molar-refractivity contribution < 1.29 is 5.11 Å². The Morgan fingerprint density at radius 1 is 1.37 bits per heavy atom. The van der Waals surface area contributed by atoms with E-state index in [4.69, 9.17) is 0 Å². The first kappa shape index (κ1) is 15.0. The molecule has 19 heavy (non-hydrogen) atoms. The van der Waals surface area contributed by atoms with Crippen LogP contribution in [0.1, 0.15) is 57.8 Å². The molecule has 0 bridgehead atoms. The van der Waals surface area contributed by atoms with E-state index in [0.717, 1.165) is 66.8 Å². The lowest BCUT2D eigenvalue weighted by Crippen LogP contribution is -2.36. The predicted octanol–water partition coefficient (Wildman–Crippen LogP) is 3.71. The number of aliphatic hydroxyl groups is 1. The maximum atomic E-state index is 10.8. The molecule has 0 atom stereocenters. The molecular weight excluding hydrogens is 304 g/mol. The van der Waals surface area contributed by atoms with E-state index < -0.39 is 5.60 Å². The summed E-state index contributed by atoms with van der Waals surface area (Å²) in [4.78, 5) is 0. The minimum atomic E-state index is -0.535. The molecule has 1 aliphatic rings. The molecule has 0 saturated heterocycles. The van der Waals surface area contributed by atoms with Crippen molar-refractivity contribution in [1.29, 1.82) is 0 Å². The Hall–Kier alpha value is -0.350. The predicted molar refractivity (Wildman–Crippen MR) is 81.3 cm³/mol. The third-order valence-corrected chi connectivity index (χ3v) is 5.31. The van der Waals surface area contributed by atoms with Gasteiger partial charge in [0.2, 0.25) is 0 Å². The topological polar surface area (TPSA) is 38.0 Å². The summed E-state index contributed by atoms with van der Waals surface area (Å²) in [6.45, 7) is 7.37. The molecule has 0 amide bonds. The number of hydrogen-bond donors (Lipinski definition) is 1. The second-order valence-electron chi connectivity index (χ2n) is 5.96. The molecule has 0 unspecified atom stereocenters. The Morgan fingerprint density at radius 2 is 2.00 bits per heavy atom. The molecule has 1 fully saturated rings. The monoisotopic (exact) mass is 328 g/mol. The molecule has 2 rings (SSSR count). The summed E-state index contributed by atoms with van der Waals surface area (Å²) in [5, 5.41) is 15.4. The Labute approximate surface area is 124 Å². The van der Waals surface area contributed by atoms with Crippen molar-refractivity contribution >= 4 is 15.9 Å². The fourth-order valence-corrected chi connectivity index (χ4v) is 3.68. The van der Waals surface area contributed by atoms with Crippen LogP contribution in [0, 0.1) is 5.92 Å². The lowest BCUT2D eigenvalue weighted by molar-refractivity contribution is -0.00839. The van der Waals surface area contributed by atoms with Gasteiger partial charge in [-0.1, -0.05) is 13.8 Å². The fourth-order valence-electron chi connectivity index (χ4n) is 2.97. The molecular formula is C15H25BrN2O. The van der Waals surface area contributed by atoms with E-state index >= 15 is 0 Å². The summed E-state index contributed by atoms with van der Waals surface area (Å²) in [5.41, 5.74) is 1.73. The minimum Gasteiger partial charge on any atom is -0.389 e. The zero-order valence-corrected chi connectivity index (χ0v) is 13.8. The van der Waals surface area contributed by atoms with Crippen molar-refractivity contribution in [3.8, 4) is 0 Å². The van der Waals surface area contributed by atoms with E-state index in [1.165, 1.54) is 0 Å². The van der Waals surface area contributed by atoms with Crippen molar-refractivity contribution in [2.45, 2.75) is 71.4 Å². The minimum absolute atomic E-state index is 0.535. The lowest BCUT2D eigenvalue weighted by atomic mass is 9.77. The molecule has 1 aromatic heterocycles. The van der Waals surface area contributed by atoms with Crippen molar-refractivity contribution in [2.24, 2.45) is 5.92 Å². The standard InChI is InChI=1S/C15H25BrN2O/c1-4-12-14(16)13(18(5-2)17-12)10-15(19)8-6-11(3)7-9-15/h11,19H,4-10H2,1-3H3. The zero-order chi connectivity index (χ0) is 14.0. The van der Waals surface area contributed by atoms with E-state index in [2.05, 4.69) is 41.8 Å². The Kier molecular flexibility index (Phi) is 4.72. The van der Waals surface area contributed by atoms with Gasteiger partial charge < -0.3 is 5.11 Å². The van der Waals surface area contributed by atoms with Crippen LogP contribution in [0.3, 0.4) is 0 Å². The SMILES string of the molecule is CCc1nn(CC)c(CC2(O)CCC(C)CC2)c1Br. The van der Waals surface area contributed by atoms with Crippen LogP contribution in [0.2, 0.25) is 0 Å². The molecule has 0 aromatic carbocycles. The highest BCUT2D eigenvalue weighted by Gasteiger charge is 2.34. The maximum Gasteiger partial charge on any atom is 0.0766 e. The molecule has 0 spiro atoms. The van der Waals surface area contributed by atoms with Gasteiger partial charge in [-0.05, 0) is 60.9 Å². The molecule has 108 valence electrons. The van der Waals surface area contributed by atoms with Crippen LogP contribution in [0.15, 0.2) is 4.47 Å². The summed E-state index contributed by atoms with van der Waals surface area (Å²) in [7, 11) is 0. The average molecular weight is 329 g/mol. The summed E-state index contributed by atoms with van der Waals surface area (Å²) < 4.78 is 3.14. The van der Waals surface area contributed by atoms with Gasteiger partial charge in [0, 0.05) is 13.0 Å². The highest BCUT2D eigenvalue weighted by atomic mass is 79.9. The number of rotatable bonds is 4. The van der Waals surface area contributed by atoms with Gasteiger partial charge in [-0.3, -0.25) is 4.68 Å². The fraction of sp³-hybridized carbons (Fsp3) is 0.800.